The summed E-state index contributed by atoms with van der Waals surface area (Å²) >= 11 is 0. The van der Waals surface area contributed by atoms with E-state index in [9.17, 15) is 0 Å². The molecular formula is C74H52N2. The van der Waals surface area contributed by atoms with E-state index in [0.29, 0.717) is 0 Å². The maximum atomic E-state index is 2.53. The Morgan fingerprint density at radius 3 is 1.57 bits per heavy atom. The van der Waals surface area contributed by atoms with Crippen LogP contribution < -0.4 is 4.90 Å². The Labute approximate surface area is 444 Å². The highest BCUT2D eigenvalue weighted by molar-refractivity contribution is 6.06. The molecule has 1 heterocycles. The van der Waals surface area contributed by atoms with Crippen molar-refractivity contribution in [2.75, 3.05) is 4.90 Å². The molecule has 3 aliphatic rings. The van der Waals surface area contributed by atoms with Crippen LogP contribution in [0.1, 0.15) is 56.8 Å². The van der Waals surface area contributed by atoms with Crippen LogP contribution >= 0.6 is 0 Å². The van der Waals surface area contributed by atoms with Gasteiger partial charge >= 0.3 is 0 Å². The fourth-order valence-electron chi connectivity index (χ4n) is 13.7. The largest absolute Gasteiger partial charge is 0.316 e. The lowest BCUT2D eigenvalue weighted by Gasteiger charge is -2.36. The molecule has 3 aliphatic carbocycles. The van der Waals surface area contributed by atoms with Gasteiger partial charge in [0.25, 0.3) is 0 Å². The summed E-state index contributed by atoms with van der Waals surface area (Å²) in [6.45, 7) is 0. The summed E-state index contributed by atoms with van der Waals surface area (Å²) in [6.07, 6.45) is 10.2. The van der Waals surface area contributed by atoms with Gasteiger partial charge in [0.2, 0.25) is 0 Å². The average molecular weight is 969 g/mol. The third kappa shape index (κ3) is 6.53. The molecule has 11 aromatic carbocycles. The molecule has 1 atom stereocenters. The zero-order chi connectivity index (χ0) is 50.2. The van der Waals surface area contributed by atoms with Gasteiger partial charge in [-0.15, -0.1) is 0 Å². The number of fused-ring (bicyclic) bond motifs is 9. The van der Waals surface area contributed by atoms with Gasteiger partial charge in [0, 0.05) is 45.6 Å². The summed E-state index contributed by atoms with van der Waals surface area (Å²) in [4.78, 5) is 2.51. The molecule has 1 aromatic heterocycles. The highest BCUT2D eigenvalue weighted by atomic mass is 15.1. The van der Waals surface area contributed by atoms with Gasteiger partial charge in [-0.25, -0.2) is 0 Å². The molecule has 76 heavy (non-hydrogen) atoms. The lowest BCUT2D eigenvalue weighted by molar-refractivity contribution is 0.693. The Morgan fingerprint density at radius 1 is 0.395 bits per heavy atom. The van der Waals surface area contributed by atoms with Crippen molar-refractivity contribution in [1.29, 1.82) is 0 Å². The molecule has 0 amide bonds. The van der Waals surface area contributed by atoms with Crippen molar-refractivity contribution < 1.29 is 0 Å². The van der Waals surface area contributed by atoms with Crippen LogP contribution in [0.15, 0.2) is 303 Å². The lowest BCUT2D eigenvalue weighted by Crippen LogP contribution is -2.30. The van der Waals surface area contributed by atoms with E-state index in [1.54, 1.807) is 0 Å². The molecule has 12 aromatic rings. The van der Waals surface area contributed by atoms with E-state index in [-0.39, 0.29) is 5.92 Å². The summed E-state index contributed by atoms with van der Waals surface area (Å²) < 4.78 is 2.40. The van der Waals surface area contributed by atoms with Gasteiger partial charge in [-0.3, -0.25) is 0 Å². The smallest absolute Gasteiger partial charge is 0.0715 e. The Hall–Kier alpha value is -9.50. The molecule has 1 unspecified atom stereocenters. The second-order valence-electron chi connectivity index (χ2n) is 20.7. The maximum absolute atomic E-state index is 2.53. The third-order valence-corrected chi connectivity index (χ3v) is 16.9. The lowest BCUT2D eigenvalue weighted by atomic mass is 9.66. The molecule has 2 heteroatoms. The predicted octanol–water partition coefficient (Wildman–Crippen LogP) is 18.6. The van der Waals surface area contributed by atoms with Gasteiger partial charge < -0.3 is 9.47 Å². The highest BCUT2D eigenvalue weighted by Crippen LogP contribution is 2.61. The number of hydrogen-bond donors (Lipinski definition) is 0. The summed E-state index contributed by atoms with van der Waals surface area (Å²) in [5, 5.41) is 3.71. The van der Waals surface area contributed by atoms with Crippen molar-refractivity contribution in [1.82, 2.24) is 4.57 Å². The second kappa shape index (κ2) is 17.6. The molecule has 0 saturated heterocycles. The van der Waals surface area contributed by atoms with E-state index in [4.69, 9.17) is 0 Å². The molecule has 0 N–H and O–H groups in total. The molecule has 0 radical (unpaired) electrons. The van der Waals surface area contributed by atoms with Gasteiger partial charge in [-0.1, -0.05) is 237 Å². The van der Waals surface area contributed by atoms with Crippen LogP contribution in [0.5, 0.6) is 0 Å². The summed E-state index contributed by atoms with van der Waals surface area (Å²) in [6, 6.07) is 102. The fraction of sp³-hybridized carbons (Fsp3) is 0.0541. The number of nitrogens with zero attached hydrogens (tertiary/aromatic N) is 2. The third-order valence-electron chi connectivity index (χ3n) is 16.9. The first-order valence-electron chi connectivity index (χ1n) is 26.7. The number of benzene rings is 11. The van der Waals surface area contributed by atoms with Crippen LogP contribution in [-0.2, 0) is 10.8 Å². The van der Waals surface area contributed by atoms with Crippen molar-refractivity contribution in [2.45, 2.75) is 23.2 Å². The monoisotopic (exact) mass is 968 g/mol. The Kier molecular flexibility index (Phi) is 10.2. The van der Waals surface area contributed by atoms with Gasteiger partial charge in [-0.05, 0) is 139 Å². The van der Waals surface area contributed by atoms with Crippen LogP contribution in [0.4, 0.5) is 17.1 Å². The van der Waals surface area contributed by atoms with Gasteiger partial charge in [0.15, 0.2) is 0 Å². The van der Waals surface area contributed by atoms with Crippen LogP contribution in [0.3, 0.4) is 0 Å². The van der Waals surface area contributed by atoms with E-state index in [1.165, 1.54) is 94.0 Å². The van der Waals surface area contributed by atoms with Crippen molar-refractivity contribution >= 4 is 38.7 Å². The van der Waals surface area contributed by atoms with Crippen LogP contribution in [0.25, 0.3) is 49.6 Å². The predicted molar refractivity (Wildman–Crippen MR) is 316 cm³/mol. The molecule has 15 rings (SSSR count). The molecule has 358 valence electrons. The molecule has 0 saturated carbocycles. The molecule has 0 bridgehead atoms. The zero-order valence-corrected chi connectivity index (χ0v) is 42.0. The van der Waals surface area contributed by atoms with Crippen LogP contribution in [0, 0.1) is 0 Å². The SMILES string of the molecule is C1=CCC2C(=C1)C(c1ccccc1)(c1ccccc1)c1cc(N(c3ccc(-c4ccccc4)cc3)c3ccc4c(c3)C(c3ccccc3)(c3ccccc3)c3cc(-n5ccc6ccc7ccccc7c65)ccc3-4)ccc12. The first kappa shape index (κ1) is 44.0. The number of hydrogen-bond acceptors (Lipinski definition) is 1. The summed E-state index contributed by atoms with van der Waals surface area (Å²) in [7, 11) is 0. The minimum absolute atomic E-state index is 0.261. The number of aromatic nitrogens is 1. The molecule has 0 spiro atoms. The van der Waals surface area contributed by atoms with E-state index >= 15 is 0 Å². The summed E-state index contributed by atoms with van der Waals surface area (Å²) in [5.41, 5.74) is 21.1. The highest BCUT2D eigenvalue weighted by Gasteiger charge is 2.51. The van der Waals surface area contributed by atoms with E-state index in [2.05, 4.69) is 307 Å². The quantitative estimate of drug-likeness (QED) is 0.140. The van der Waals surface area contributed by atoms with Crippen molar-refractivity contribution in [2.24, 2.45) is 0 Å². The van der Waals surface area contributed by atoms with Crippen LogP contribution in [-0.4, -0.2) is 4.57 Å². The number of rotatable bonds is 9. The Bertz CT molecular complexity index is 4150. The topological polar surface area (TPSA) is 8.17 Å². The minimum atomic E-state index is -0.657. The first-order chi connectivity index (χ1) is 37.7. The van der Waals surface area contributed by atoms with Crippen molar-refractivity contribution in [3.05, 3.63) is 347 Å². The average Bonchev–Trinajstić information content (AvgIpc) is 4.18. The normalized spacial score (nSPS) is 15.4. The van der Waals surface area contributed by atoms with Crippen LogP contribution in [0.2, 0.25) is 0 Å². The maximum Gasteiger partial charge on any atom is 0.0715 e. The standard InChI is InChI=1S/C74H52N2/c1-6-20-51(21-7-1)52-36-38-59(39-37-52)76(61-41-44-65-64-32-18-19-33-68(64)73(70(65)49-61,55-23-8-2-9-24-55)56-25-10-3-11-26-56)62-42-45-67-66-43-40-60(75-47-46-54-35-34-53-22-16-17-31-63(53)72(54)75)48-69(66)74(71(67)50-62,57-27-12-4-13-28-57)58-29-14-5-15-30-58/h1-31,33-50,64H,32H2. The molecular weight excluding hydrogens is 917 g/mol. The Morgan fingerprint density at radius 2 is 0.908 bits per heavy atom. The first-order valence-corrected chi connectivity index (χ1v) is 26.7. The second-order valence-corrected chi connectivity index (χ2v) is 20.7. The Balaban J connectivity index is 0.980. The van der Waals surface area contributed by atoms with Crippen molar-refractivity contribution in [3.8, 4) is 27.9 Å². The van der Waals surface area contributed by atoms with E-state index < -0.39 is 10.8 Å². The van der Waals surface area contributed by atoms with Gasteiger partial charge in [0.05, 0.1) is 16.3 Å². The fourth-order valence-corrected chi connectivity index (χ4v) is 13.7. The zero-order valence-electron chi connectivity index (χ0n) is 42.0. The number of anilines is 3. The minimum Gasteiger partial charge on any atom is -0.316 e. The van der Waals surface area contributed by atoms with Crippen molar-refractivity contribution in [3.63, 3.8) is 0 Å². The van der Waals surface area contributed by atoms with E-state index in [1.807, 2.05) is 0 Å². The molecule has 0 fully saturated rings. The van der Waals surface area contributed by atoms with Gasteiger partial charge in [0.1, 0.15) is 0 Å². The molecule has 2 nitrogen and oxygen atoms in total. The molecule has 0 aliphatic heterocycles. The van der Waals surface area contributed by atoms with Gasteiger partial charge in [-0.2, -0.15) is 0 Å². The summed E-state index contributed by atoms with van der Waals surface area (Å²) in [5.74, 6) is 0.261. The number of allylic oxidation sites excluding steroid dienone is 4. The van der Waals surface area contributed by atoms with E-state index in [0.717, 1.165) is 29.2 Å².